The van der Waals surface area contributed by atoms with Gasteiger partial charge in [-0.05, 0) is 31.0 Å². The van der Waals surface area contributed by atoms with Crippen LogP contribution in [0.25, 0.3) is 0 Å². The molecule has 0 saturated carbocycles. The number of aliphatic hydroxyl groups is 1. The predicted molar refractivity (Wildman–Crippen MR) is 79.2 cm³/mol. The minimum atomic E-state index is -0.781. The third-order valence-corrected chi connectivity index (χ3v) is 3.59. The quantitative estimate of drug-likeness (QED) is 0.921. The van der Waals surface area contributed by atoms with Crippen molar-refractivity contribution in [3.63, 3.8) is 0 Å². The maximum atomic E-state index is 10.5. The number of hydrogen-bond acceptors (Lipinski definition) is 3. The molecule has 4 nitrogen and oxygen atoms in total. The van der Waals surface area contributed by atoms with Crippen molar-refractivity contribution in [3.8, 4) is 5.75 Å². The maximum Gasteiger partial charge on any atom is 0.133 e. The largest absolute Gasteiger partial charge is 0.494 e. The number of benzene rings is 1. The summed E-state index contributed by atoms with van der Waals surface area (Å²) in [6, 6.07) is 7.40. The molecule has 1 atom stereocenters. The molecule has 0 aliphatic heterocycles. The molecular weight excluding hydrogens is 276 g/mol. The van der Waals surface area contributed by atoms with Crippen LogP contribution in [0.15, 0.2) is 24.3 Å². The van der Waals surface area contributed by atoms with Gasteiger partial charge in [-0.25, -0.2) is 0 Å². The van der Waals surface area contributed by atoms with Crippen molar-refractivity contribution in [1.29, 1.82) is 0 Å². The number of rotatable bonds is 5. The molecule has 0 aliphatic rings. The summed E-state index contributed by atoms with van der Waals surface area (Å²) in [6.07, 6.45) is 0.186. The SMILES string of the molecule is CCCOc1ccc(C(O)c2c(C)nn(C)c2Cl)cc1. The average molecular weight is 295 g/mol. The fourth-order valence-corrected chi connectivity index (χ4v) is 2.37. The van der Waals surface area contributed by atoms with Crippen molar-refractivity contribution in [2.75, 3.05) is 6.61 Å². The van der Waals surface area contributed by atoms with Crippen LogP contribution < -0.4 is 4.74 Å². The number of aryl methyl sites for hydroxylation is 2. The first kappa shape index (κ1) is 14.9. The van der Waals surface area contributed by atoms with Gasteiger partial charge in [0.1, 0.15) is 17.0 Å². The van der Waals surface area contributed by atoms with Gasteiger partial charge in [0.25, 0.3) is 0 Å². The second kappa shape index (κ2) is 6.29. The van der Waals surface area contributed by atoms with E-state index in [9.17, 15) is 5.11 Å². The summed E-state index contributed by atoms with van der Waals surface area (Å²) < 4.78 is 7.09. The fourth-order valence-electron chi connectivity index (χ4n) is 2.09. The van der Waals surface area contributed by atoms with E-state index in [0.29, 0.717) is 17.3 Å². The molecular formula is C15H19ClN2O2. The molecule has 0 spiro atoms. The normalized spacial score (nSPS) is 12.4. The summed E-state index contributed by atoms with van der Waals surface area (Å²) in [5, 5.41) is 15.1. The van der Waals surface area contributed by atoms with Crippen molar-refractivity contribution < 1.29 is 9.84 Å². The van der Waals surface area contributed by atoms with E-state index in [1.165, 1.54) is 0 Å². The van der Waals surface area contributed by atoms with Gasteiger partial charge in [-0.3, -0.25) is 4.68 Å². The van der Waals surface area contributed by atoms with Gasteiger partial charge in [-0.2, -0.15) is 5.10 Å². The Morgan fingerprint density at radius 1 is 1.35 bits per heavy atom. The Hall–Kier alpha value is -1.52. The number of hydrogen-bond donors (Lipinski definition) is 1. The van der Waals surface area contributed by atoms with Gasteiger partial charge in [-0.15, -0.1) is 0 Å². The van der Waals surface area contributed by atoms with E-state index in [1.54, 1.807) is 11.7 Å². The summed E-state index contributed by atoms with van der Waals surface area (Å²) >= 11 is 6.17. The number of ether oxygens (including phenoxy) is 1. The Morgan fingerprint density at radius 3 is 2.50 bits per heavy atom. The second-order valence-corrected chi connectivity index (χ2v) is 5.09. The summed E-state index contributed by atoms with van der Waals surface area (Å²) in [5.74, 6) is 0.803. The molecule has 2 rings (SSSR count). The fraction of sp³-hybridized carbons (Fsp3) is 0.400. The molecule has 0 saturated heterocycles. The van der Waals surface area contributed by atoms with Gasteiger partial charge in [-0.1, -0.05) is 30.7 Å². The summed E-state index contributed by atoms with van der Waals surface area (Å²) in [5.41, 5.74) is 2.15. The van der Waals surface area contributed by atoms with Crippen LogP contribution in [0.3, 0.4) is 0 Å². The van der Waals surface area contributed by atoms with Crippen molar-refractivity contribution >= 4 is 11.6 Å². The van der Waals surface area contributed by atoms with Crippen LogP contribution in [-0.4, -0.2) is 21.5 Å². The first-order valence-corrected chi connectivity index (χ1v) is 7.02. The number of halogens is 1. The predicted octanol–water partition coefficient (Wildman–Crippen LogP) is 3.25. The van der Waals surface area contributed by atoms with E-state index in [1.807, 2.05) is 31.2 Å². The van der Waals surface area contributed by atoms with E-state index in [-0.39, 0.29) is 0 Å². The standard InChI is InChI=1S/C15H19ClN2O2/c1-4-9-20-12-7-5-11(6-8-12)14(19)13-10(2)17-18(3)15(13)16/h5-8,14,19H,4,9H2,1-3H3. The Morgan fingerprint density at radius 2 is 2.00 bits per heavy atom. The highest BCUT2D eigenvalue weighted by Crippen LogP contribution is 2.31. The topological polar surface area (TPSA) is 47.3 Å². The maximum absolute atomic E-state index is 10.5. The van der Waals surface area contributed by atoms with Gasteiger partial charge in [0.2, 0.25) is 0 Å². The van der Waals surface area contributed by atoms with Crippen molar-refractivity contribution in [3.05, 3.63) is 46.2 Å². The molecule has 1 unspecified atom stereocenters. The molecule has 1 aromatic carbocycles. The van der Waals surface area contributed by atoms with E-state index in [4.69, 9.17) is 16.3 Å². The van der Waals surface area contributed by atoms with Crippen LogP contribution >= 0.6 is 11.6 Å². The highest BCUT2D eigenvalue weighted by atomic mass is 35.5. The molecule has 1 heterocycles. The van der Waals surface area contributed by atoms with Crippen LogP contribution in [-0.2, 0) is 7.05 Å². The monoisotopic (exact) mass is 294 g/mol. The van der Waals surface area contributed by atoms with Gasteiger partial charge in [0.05, 0.1) is 12.3 Å². The third-order valence-electron chi connectivity index (χ3n) is 3.14. The molecule has 1 N–H and O–H groups in total. The van der Waals surface area contributed by atoms with Crippen LogP contribution in [0.2, 0.25) is 5.15 Å². The zero-order chi connectivity index (χ0) is 14.7. The molecule has 0 fully saturated rings. The molecule has 0 bridgehead atoms. The molecule has 1 aromatic heterocycles. The molecule has 2 aromatic rings. The zero-order valence-electron chi connectivity index (χ0n) is 11.9. The minimum Gasteiger partial charge on any atom is -0.494 e. The molecule has 108 valence electrons. The number of aromatic nitrogens is 2. The van der Waals surface area contributed by atoms with E-state index < -0.39 is 6.10 Å². The molecule has 0 amide bonds. The first-order valence-electron chi connectivity index (χ1n) is 6.64. The van der Waals surface area contributed by atoms with Gasteiger partial charge < -0.3 is 9.84 Å². The average Bonchev–Trinajstić information content (AvgIpc) is 2.70. The molecule has 0 radical (unpaired) electrons. The zero-order valence-corrected chi connectivity index (χ0v) is 12.7. The Bertz CT molecular complexity index is 578. The third kappa shape index (κ3) is 2.97. The molecule has 0 aliphatic carbocycles. The van der Waals surface area contributed by atoms with Gasteiger partial charge in [0, 0.05) is 12.6 Å². The lowest BCUT2D eigenvalue weighted by atomic mass is 10.0. The van der Waals surface area contributed by atoms with Crippen molar-refractivity contribution in [2.24, 2.45) is 7.05 Å². The van der Waals surface area contributed by atoms with Crippen molar-refractivity contribution in [1.82, 2.24) is 9.78 Å². The highest BCUT2D eigenvalue weighted by Gasteiger charge is 2.20. The Balaban J connectivity index is 2.22. The van der Waals surface area contributed by atoms with Crippen LogP contribution in [0, 0.1) is 6.92 Å². The summed E-state index contributed by atoms with van der Waals surface area (Å²) in [6.45, 7) is 4.59. The Labute approximate surface area is 123 Å². The number of nitrogens with zero attached hydrogens (tertiary/aromatic N) is 2. The van der Waals surface area contributed by atoms with E-state index >= 15 is 0 Å². The van der Waals surface area contributed by atoms with Crippen LogP contribution in [0.1, 0.15) is 36.3 Å². The van der Waals surface area contributed by atoms with Gasteiger partial charge >= 0.3 is 0 Å². The lowest BCUT2D eigenvalue weighted by molar-refractivity contribution is 0.219. The minimum absolute atomic E-state index is 0.460. The summed E-state index contributed by atoms with van der Waals surface area (Å²) in [7, 11) is 1.76. The summed E-state index contributed by atoms with van der Waals surface area (Å²) in [4.78, 5) is 0. The molecule has 20 heavy (non-hydrogen) atoms. The Kier molecular flexibility index (Phi) is 4.68. The van der Waals surface area contributed by atoms with E-state index in [0.717, 1.165) is 23.4 Å². The van der Waals surface area contributed by atoms with Crippen LogP contribution in [0.5, 0.6) is 5.75 Å². The van der Waals surface area contributed by atoms with Crippen molar-refractivity contribution in [2.45, 2.75) is 26.4 Å². The number of aliphatic hydroxyl groups excluding tert-OH is 1. The lowest BCUT2D eigenvalue weighted by Gasteiger charge is -2.12. The molecule has 5 heteroatoms. The van der Waals surface area contributed by atoms with Crippen LogP contribution in [0.4, 0.5) is 0 Å². The first-order chi connectivity index (χ1) is 9.54. The highest BCUT2D eigenvalue weighted by molar-refractivity contribution is 6.30. The van der Waals surface area contributed by atoms with E-state index in [2.05, 4.69) is 12.0 Å². The van der Waals surface area contributed by atoms with Gasteiger partial charge in [0.15, 0.2) is 0 Å². The smallest absolute Gasteiger partial charge is 0.133 e. The second-order valence-electron chi connectivity index (χ2n) is 4.73. The lowest BCUT2D eigenvalue weighted by Crippen LogP contribution is -2.02.